The molecule has 8 heteroatoms. The molecule has 0 saturated carbocycles. The molecule has 1 heterocycles. The van der Waals surface area contributed by atoms with Gasteiger partial charge in [-0.2, -0.15) is 4.39 Å². The molecule has 80 valence electrons. The summed E-state index contributed by atoms with van der Waals surface area (Å²) in [6, 6.07) is 0.236. The first kappa shape index (κ1) is 11.1. The van der Waals surface area contributed by atoms with Crippen molar-refractivity contribution in [2.24, 2.45) is 0 Å². The van der Waals surface area contributed by atoms with Crippen LogP contribution in [-0.2, 0) is 0 Å². The summed E-state index contributed by atoms with van der Waals surface area (Å²) in [6.07, 6.45) is -3.21. The zero-order valence-corrected chi connectivity index (χ0v) is 6.99. The Hall–Kier alpha value is -1.99. The molecule has 5 nitrogen and oxygen atoms in total. The molecule has 0 aliphatic rings. The summed E-state index contributed by atoms with van der Waals surface area (Å²) in [7, 11) is 0. The lowest BCUT2D eigenvalue weighted by molar-refractivity contribution is -0.392. The SMILES string of the molecule is O=Cc1nc([N+](=O)[O-])c(F)cc1C(F)F. The van der Waals surface area contributed by atoms with Gasteiger partial charge in [-0.1, -0.05) is 0 Å². The fraction of sp³-hybridized carbons (Fsp3) is 0.143. The quantitative estimate of drug-likeness (QED) is 0.442. The summed E-state index contributed by atoms with van der Waals surface area (Å²) in [5.74, 6) is -2.75. The van der Waals surface area contributed by atoms with Gasteiger partial charge in [0.05, 0.1) is 5.56 Å². The molecule has 1 aromatic heterocycles. The van der Waals surface area contributed by atoms with Gasteiger partial charge >= 0.3 is 5.82 Å². The Kier molecular flexibility index (Phi) is 2.98. The van der Waals surface area contributed by atoms with E-state index in [4.69, 9.17) is 0 Å². The van der Waals surface area contributed by atoms with E-state index in [2.05, 4.69) is 4.98 Å². The van der Waals surface area contributed by atoms with Gasteiger partial charge in [-0.05, 0) is 16.0 Å². The highest BCUT2D eigenvalue weighted by atomic mass is 19.3. The second-order valence-corrected chi connectivity index (χ2v) is 2.44. The third kappa shape index (κ3) is 2.09. The maximum atomic E-state index is 12.8. The van der Waals surface area contributed by atoms with Crippen LogP contribution in [0.1, 0.15) is 22.5 Å². The summed E-state index contributed by atoms with van der Waals surface area (Å²) in [5.41, 5.74) is -1.80. The predicted molar refractivity (Wildman–Crippen MR) is 41.2 cm³/mol. The number of rotatable bonds is 3. The molecule has 0 spiro atoms. The first-order valence-corrected chi connectivity index (χ1v) is 3.55. The fourth-order valence-corrected chi connectivity index (χ4v) is 0.904. The van der Waals surface area contributed by atoms with Crippen LogP contribution in [0.25, 0.3) is 0 Å². The van der Waals surface area contributed by atoms with Gasteiger partial charge < -0.3 is 10.1 Å². The number of halogens is 3. The van der Waals surface area contributed by atoms with Gasteiger partial charge in [0.25, 0.3) is 6.43 Å². The minimum Gasteiger partial charge on any atom is -0.358 e. The minimum atomic E-state index is -3.12. The number of nitro groups is 1. The maximum Gasteiger partial charge on any atom is 0.400 e. The van der Waals surface area contributed by atoms with Crippen LogP contribution in [0.4, 0.5) is 19.0 Å². The maximum absolute atomic E-state index is 12.8. The monoisotopic (exact) mass is 220 g/mol. The van der Waals surface area contributed by atoms with E-state index in [1.54, 1.807) is 0 Å². The molecule has 0 bridgehead atoms. The number of aromatic nitrogens is 1. The zero-order chi connectivity index (χ0) is 11.6. The minimum absolute atomic E-state index is 0.0894. The summed E-state index contributed by atoms with van der Waals surface area (Å²) in [4.78, 5) is 22.1. The number of aldehydes is 1. The first-order valence-electron chi connectivity index (χ1n) is 3.55. The molecular formula is C7H3F3N2O3. The Morgan fingerprint density at radius 3 is 2.53 bits per heavy atom. The van der Waals surface area contributed by atoms with E-state index in [1.807, 2.05) is 0 Å². The van der Waals surface area contributed by atoms with Crippen molar-refractivity contribution >= 4 is 12.1 Å². The van der Waals surface area contributed by atoms with Crippen LogP contribution in [0.5, 0.6) is 0 Å². The molecule has 0 aliphatic carbocycles. The lowest BCUT2D eigenvalue weighted by Crippen LogP contribution is -2.04. The summed E-state index contributed by atoms with van der Waals surface area (Å²) < 4.78 is 37.2. The topological polar surface area (TPSA) is 73.1 Å². The number of hydrogen-bond donors (Lipinski definition) is 0. The van der Waals surface area contributed by atoms with Crippen molar-refractivity contribution in [3.05, 3.63) is 33.3 Å². The molecule has 0 aromatic carbocycles. The largest absolute Gasteiger partial charge is 0.400 e. The van der Waals surface area contributed by atoms with Crippen LogP contribution in [0.2, 0.25) is 0 Å². The normalized spacial score (nSPS) is 10.4. The average molecular weight is 220 g/mol. The molecule has 0 atom stereocenters. The molecule has 0 amide bonds. The Balaban J connectivity index is 3.42. The van der Waals surface area contributed by atoms with E-state index in [0.29, 0.717) is 0 Å². The molecule has 15 heavy (non-hydrogen) atoms. The lowest BCUT2D eigenvalue weighted by atomic mass is 10.2. The Morgan fingerprint density at radius 1 is 1.53 bits per heavy atom. The molecule has 0 radical (unpaired) electrons. The van der Waals surface area contributed by atoms with Crippen molar-refractivity contribution in [3.8, 4) is 0 Å². The first-order chi connectivity index (χ1) is 6.97. The van der Waals surface area contributed by atoms with Crippen LogP contribution in [0.3, 0.4) is 0 Å². The van der Waals surface area contributed by atoms with Crippen molar-refractivity contribution in [1.29, 1.82) is 0 Å². The summed E-state index contributed by atoms with van der Waals surface area (Å²) >= 11 is 0. The second-order valence-electron chi connectivity index (χ2n) is 2.44. The zero-order valence-electron chi connectivity index (χ0n) is 6.99. The number of nitrogens with zero attached hydrogens (tertiary/aromatic N) is 2. The lowest BCUT2D eigenvalue weighted by Gasteiger charge is -2.00. The molecule has 0 N–H and O–H groups in total. The Morgan fingerprint density at radius 2 is 2.13 bits per heavy atom. The predicted octanol–water partition coefficient (Wildman–Crippen LogP) is 1.88. The molecule has 0 fully saturated rings. The van der Waals surface area contributed by atoms with Gasteiger partial charge in [0, 0.05) is 0 Å². The van der Waals surface area contributed by atoms with Crippen LogP contribution in [0.15, 0.2) is 6.07 Å². The van der Waals surface area contributed by atoms with E-state index < -0.39 is 34.2 Å². The van der Waals surface area contributed by atoms with Crippen LogP contribution < -0.4 is 0 Å². The van der Waals surface area contributed by atoms with Gasteiger partial charge in [-0.25, -0.2) is 8.78 Å². The number of hydrogen-bond acceptors (Lipinski definition) is 4. The molecule has 0 aliphatic heterocycles. The third-order valence-electron chi connectivity index (χ3n) is 1.54. The Bertz CT molecular complexity index is 422. The molecular weight excluding hydrogens is 217 g/mol. The molecule has 1 rings (SSSR count). The number of pyridine rings is 1. The van der Waals surface area contributed by atoms with Gasteiger partial charge in [0.2, 0.25) is 11.5 Å². The van der Waals surface area contributed by atoms with E-state index in [0.717, 1.165) is 0 Å². The number of carbonyl (C=O) groups is 1. The smallest absolute Gasteiger partial charge is 0.358 e. The highest BCUT2D eigenvalue weighted by Crippen LogP contribution is 2.25. The second kappa shape index (κ2) is 4.03. The van der Waals surface area contributed by atoms with Crippen molar-refractivity contribution < 1.29 is 22.9 Å². The highest BCUT2D eigenvalue weighted by Gasteiger charge is 2.25. The molecule has 0 saturated heterocycles. The van der Waals surface area contributed by atoms with Crippen molar-refractivity contribution in [3.63, 3.8) is 0 Å². The van der Waals surface area contributed by atoms with Crippen LogP contribution in [-0.4, -0.2) is 16.2 Å². The Labute approximate surface area is 80.7 Å². The van der Waals surface area contributed by atoms with Crippen molar-refractivity contribution in [2.45, 2.75) is 6.43 Å². The standard InChI is InChI=1S/C7H3F3N2O3/c8-4-1-3(6(9)10)5(2-13)11-7(4)12(14)15/h1-2,6H. The van der Waals surface area contributed by atoms with E-state index in [9.17, 15) is 28.1 Å². The van der Waals surface area contributed by atoms with Crippen LogP contribution in [0, 0.1) is 15.9 Å². The van der Waals surface area contributed by atoms with Gasteiger partial charge in [0.15, 0.2) is 6.29 Å². The molecule has 0 unspecified atom stereocenters. The van der Waals surface area contributed by atoms with E-state index in [-0.39, 0.29) is 12.4 Å². The number of alkyl halides is 2. The molecule has 1 aromatic rings. The number of carbonyl (C=O) groups excluding carboxylic acids is 1. The van der Waals surface area contributed by atoms with E-state index >= 15 is 0 Å². The van der Waals surface area contributed by atoms with Crippen molar-refractivity contribution in [1.82, 2.24) is 4.98 Å². The summed E-state index contributed by atoms with van der Waals surface area (Å²) in [6.45, 7) is 0. The summed E-state index contributed by atoms with van der Waals surface area (Å²) in [5, 5.41) is 10.2. The van der Waals surface area contributed by atoms with Gasteiger partial charge in [-0.15, -0.1) is 0 Å². The third-order valence-corrected chi connectivity index (χ3v) is 1.54. The average Bonchev–Trinajstić information content (AvgIpc) is 2.16. The van der Waals surface area contributed by atoms with Gasteiger partial charge in [0.1, 0.15) is 0 Å². The fourth-order valence-electron chi connectivity index (χ4n) is 0.904. The van der Waals surface area contributed by atoms with Crippen LogP contribution >= 0.6 is 0 Å². The van der Waals surface area contributed by atoms with Gasteiger partial charge in [-0.3, -0.25) is 4.79 Å². The van der Waals surface area contributed by atoms with E-state index in [1.165, 1.54) is 0 Å². The highest BCUT2D eigenvalue weighted by molar-refractivity contribution is 5.75. The van der Waals surface area contributed by atoms with Crippen molar-refractivity contribution in [2.75, 3.05) is 0 Å².